The Hall–Kier alpha value is -1.22. The lowest BCUT2D eigenvalue weighted by Crippen LogP contribution is -2.35. The molecule has 1 aromatic rings. The molecule has 0 heterocycles. The Morgan fingerprint density at radius 3 is 2.60 bits per heavy atom. The van der Waals surface area contributed by atoms with E-state index in [1.54, 1.807) is 12.1 Å². The number of carbonyl (C=O) groups excluding carboxylic acids is 1. The molecule has 2 aliphatic rings. The Morgan fingerprint density at radius 1 is 1.25 bits per heavy atom. The number of hydrogen-bond acceptors (Lipinski definition) is 2. The predicted octanol–water partition coefficient (Wildman–Crippen LogP) is 3.30. The monoisotopic (exact) mass is 276 g/mol. The molecule has 0 saturated heterocycles. The molecule has 0 radical (unpaired) electrons. The third kappa shape index (κ3) is 2.28. The summed E-state index contributed by atoms with van der Waals surface area (Å²) in [5, 5.41) is 10.2. The molecule has 2 saturated carbocycles. The molecule has 2 bridgehead atoms. The van der Waals surface area contributed by atoms with Gasteiger partial charge in [-0.05, 0) is 54.7 Å². The fraction of sp³-hybridized carbons (Fsp3) is 0.588. The summed E-state index contributed by atoms with van der Waals surface area (Å²) in [5.41, 5.74) is 1.04. The van der Waals surface area contributed by atoms with Crippen LogP contribution in [0.1, 0.15) is 44.1 Å². The van der Waals surface area contributed by atoms with Gasteiger partial charge in [-0.25, -0.2) is 4.39 Å². The van der Waals surface area contributed by atoms with Gasteiger partial charge in [-0.3, -0.25) is 4.79 Å². The van der Waals surface area contributed by atoms with Crippen molar-refractivity contribution in [3.05, 3.63) is 35.6 Å². The first-order valence-electron chi connectivity index (χ1n) is 7.56. The number of fused-ring (bicyclic) bond motifs is 2. The third-order valence-electron chi connectivity index (χ3n) is 5.17. The first-order chi connectivity index (χ1) is 9.60. The standard InChI is InChI=1S/C17H21FO2/c1-2-15(19)17-13(11-3-5-12(18)6-4-11)7-10-8-14(17)16(20)9-10/h3-6,10,13-14,16-17,20H,2,7-9H2,1H3/t10?,13-,14-,16?,17-/m0/s1. The smallest absolute Gasteiger partial charge is 0.136 e. The van der Waals surface area contributed by atoms with Crippen LogP contribution >= 0.6 is 0 Å². The topological polar surface area (TPSA) is 37.3 Å². The molecule has 3 rings (SSSR count). The molecule has 108 valence electrons. The average molecular weight is 276 g/mol. The van der Waals surface area contributed by atoms with Crippen molar-refractivity contribution >= 4 is 5.78 Å². The van der Waals surface area contributed by atoms with E-state index in [0.29, 0.717) is 12.3 Å². The molecule has 5 atom stereocenters. The van der Waals surface area contributed by atoms with E-state index < -0.39 is 0 Å². The number of halogens is 1. The molecule has 0 aromatic heterocycles. The number of aliphatic hydroxyl groups excluding tert-OH is 1. The van der Waals surface area contributed by atoms with Gasteiger partial charge in [-0.15, -0.1) is 0 Å². The normalized spacial score (nSPS) is 36.0. The minimum Gasteiger partial charge on any atom is -0.393 e. The van der Waals surface area contributed by atoms with Crippen LogP contribution < -0.4 is 0 Å². The maximum atomic E-state index is 13.1. The number of Topliss-reactive ketones (excluding diaryl/α,β-unsaturated/α-hetero) is 1. The lowest BCUT2D eigenvalue weighted by Gasteiger charge is -2.36. The van der Waals surface area contributed by atoms with Crippen molar-refractivity contribution in [3.8, 4) is 0 Å². The van der Waals surface area contributed by atoms with Crippen LogP contribution in [0.3, 0.4) is 0 Å². The van der Waals surface area contributed by atoms with E-state index in [-0.39, 0.29) is 35.5 Å². The van der Waals surface area contributed by atoms with Crippen LogP contribution in [-0.2, 0) is 4.79 Å². The molecule has 20 heavy (non-hydrogen) atoms. The van der Waals surface area contributed by atoms with E-state index in [1.807, 2.05) is 6.92 Å². The van der Waals surface area contributed by atoms with Gasteiger partial charge in [0.05, 0.1) is 6.10 Å². The van der Waals surface area contributed by atoms with Crippen LogP contribution in [0.15, 0.2) is 24.3 Å². The van der Waals surface area contributed by atoms with E-state index >= 15 is 0 Å². The van der Waals surface area contributed by atoms with Crippen molar-refractivity contribution in [2.45, 2.75) is 44.6 Å². The minimum atomic E-state index is -0.342. The fourth-order valence-electron chi connectivity index (χ4n) is 4.29. The highest BCUT2D eigenvalue weighted by Crippen LogP contribution is 2.52. The maximum Gasteiger partial charge on any atom is 0.136 e. The highest BCUT2D eigenvalue weighted by atomic mass is 19.1. The average Bonchev–Trinajstić information content (AvgIpc) is 2.74. The maximum absolute atomic E-state index is 13.1. The summed E-state index contributed by atoms with van der Waals surface area (Å²) in [6.07, 6.45) is 2.89. The van der Waals surface area contributed by atoms with Crippen molar-refractivity contribution in [3.63, 3.8) is 0 Å². The highest BCUT2D eigenvalue weighted by molar-refractivity contribution is 5.82. The van der Waals surface area contributed by atoms with Crippen LogP contribution in [0.4, 0.5) is 4.39 Å². The summed E-state index contributed by atoms with van der Waals surface area (Å²) in [6.45, 7) is 1.89. The van der Waals surface area contributed by atoms with Gasteiger partial charge in [-0.1, -0.05) is 19.1 Å². The molecule has 0 spiro atoms. The molecule has 1 N–H and O–H groups in total. The molecular weight excluding hydrogens is 255 g/mol. The Balaban J connectivity index is 1.95. The molecule has 2 aliphatic carbocycles. The second kappa shape index (κ2) is 5.28. The van der Waals surface area contributed by atoms with Crippen LogP contribution in [0.5, 0.6) is 0 Å². The number of hydrogen-bond donors (Lipinski definition) is 1. The second-order valence-corrected chi connectivity index (χ2v) is 6.31. The lowest BCUT2D eigenvalue weighted by molar-refractivity contribution is -0.127. The molecular formula is C17H21FO2. The zero-order chi connectivity index (χ0) is 14.3. The van der Waals surface area contributed by atoms with Crippen molar-refractivity contribution in [2.75, 3.05) is 0 Å². The van der Waals surface area contributed by atoms with Gasteiger partial charge < -0.3 is 5.11 Å². The number of ketones is 1. The summed E-state index contributed by atoms with van der Waals surface area (Å²) in [6, 6.07) is 6.53. The van der Waals surface area contributed by atoms with Crippen molar-refractivity contribution in [1.29, 1.82) is 0 Å². The number of carbonyl (C=O) groups is 1. The van der Waals surface area contributed by atoms with Crippen LogP contribution in [0, 0.1) is 23.6 Å². The largest absolute Gasteiger partial charge is 0.393 e. The second-order valence-electron chi connectivity index (χ2n) is 6.31. The van der Waals surface area contributed by atoms with Gasteiger partial charge in [0.25, 0.3) is 0 Å². The van der Waals surface area contributed by atoms with Gasteiger partial charge in [0.2, 0.25) is 0 Å². The highest BCUT2D eigenvalue weighted by Gasteiger charge is 2.49. The fourth-order valence-corrected chi connectivity index (χ4v) is 4.29. The van der Waals surface area contributed by atoms with Gasteiger partial charge >= 0.3 is 0 Å². The summed E-state index contributed by atoms with van der Waals surface area (Å²) in [5.74, 6) is 0.639. The summed E-state index contributed by atoms with van der Waals surface area (Å²) >= 11 is 0. The Morgan fingerprint density at radius 2 is 1.95 bits per heavy atom. The van der Waals surface area contributed by atoms with Crippen LogP contribution in [-0.4, -0.2) is 17.0 Å². The van der Waals surface area contributed by atoms with Crippen LogP contribution in [0.2, 0.25) is 0 Å². The SMILES string of the molecule is CCC(=O)[C@H]1[C@H](c2ccc(F)cc2)CC2CC(O)[C@@H]1C2. The van der Waals surface area contributed by atoms with E-state index in [1.165, 1.54) is 12.1 Å². The number of aliphatic hydroxyl groups is 1. The van der Waals surface area contributed by atoms with Gasteiger partial charge in [0.1, 0.15) is 11.6 Å². The summed E-state index contributed by atoms with van der Waals surface area (Å²) in [4.78, 5) is 12.4. The molecule has 2 nitrogen and oxygen atoms in total. The van der Waals surface area contributed by atoms with Crippen molar-refractivity contribution < 1.29 is 14.3 Å². The molecule has 0 amide bonds. The Labute approximate surface area is 119 Å². The van der Waals surface area contributed by atoms with Crippen molar-refractivity contribution in [2.24, 2.45) is 17.8 Å². The van der Waals surface area contributed by atoms with Crippen molar-refractivity contribution in [1.82, 2.24) is 0 Å². The van der Waals surface area contributed by atoms with Gasteiger partial charge in [0.15, 0.2) is 0 Å². The Kier molecular flexibility index (Phi) is 3.63. The van der Waals surface area contributed by atoms with E-state index in [0.717, 1.165) is 24.8 Å². The predicted molar refractivity (Wildman–Crippen MR) is 74.8 cm³/mol. The molecule has 2 fully saturated rings. The Bertz CT molecular complexity index is 496. The molecule has 0 aliphatic heterocycles. The quantitative estimate of drug-likeness (QED) is 0.919. The minimum absolute atomic E-state index is 0.0938. The van der Waals surface area contributed by atoms with Gasteiger partial charge in [0, 0.05) is 12.3 Å². The zero-order valence-electron chi connectivity index (χ0n) is 11.8. The van der Waals surface area contributed by atoms with Gasteiger partial charge in [-0.2, -0.15) is 0 Å². The molecule has 1 aromatic carbocycles. The molecule has 3 heteroatoms. The first-order valence-corrected chi connectivity index (χ1v) is 7.56. The van der Waals surface area contributed by atoms with E-state index in [9.17, 15) is 14.3 Å². The number of rotatable bonds is 3. The first kappa shape index (κ1) is 13.7. The summed E-state index contributed by atoms with van der Waals surface area (Å²) in [7, 11) is 0. The number of benzene rings is 1. The summed E-state index contributed by atoms with van der Waals surface area (Å²) < 4.78 is 13.1. The van der Waals surface area contributed by atoms with E-state index in [2.05, 4.69) is 0 Å². The van der Waals surface area contributed by atoms with E-state index in [4.69, 9.17) is 0 Å². The lowest BCUT2D eigenvalue weighted by atomic mass is 9.67. The molecule has 2 unspecified atom stereocenters. The zero-order valence-corrected chi connectivity index (χ0v) is 11.8. The third-order valence-corrected chi connectivity index (χ3v) is 5.17. The van der Waals surface area contributed by atoms with Crippen LogP contribution in [0.25, 0.3) is 0 Å².